The molecule has 0 aromatic heterocycles. The number of nitrogens with zero attached hydrogens (tertiary/aromatic N) is 2. The summed E-state index contributed by atoms with van der Waals surface area (Å²) in [5, 5.41) is 6.65. The molecule has 1 unspecified atom stereocenters. The third kappa shape index (κ3) is 8.36. The predicted octanol–water partition coefficient (Wildman–Crippen LogP) is 3.98. The molecule has 7 heteroatoms. The van der Waals surface area contributed by atoms with Gasteiger partial charge in [-0.1, -0.05) is 72.7 Å². The van der Waals surface area contributed by atoms with Crippen molar-refractivity contribution >= 4 is 29.3 Å². The lowest BCUT2D eigenvalue weighted by atomic mass is 10.0. The second-order valence-electron chi connectivity index (χ2n) is 9.04. The molecule has 3 amide bonds. The molecule has 0 bridgehead atoms. The van der Waals surface area contributed by atoms with Crippen LogP contribution in [0.1, 0.15) is 37.9 Å². The van der Waals surface area contributed by atoms with E-state index in [2.05, 4.69) is 33.6 Å². The van der Waals surface area contributed by atoms with Gasteiger partial charge in [0.25, 0.3) is 5.91 Å². The van der Waals surface area contributed by atoms with E-state index in [4.69, 9.17) is 0 Å². The molecule has 3 aromatic carbocycles. The van der Waals surface area contributed by atoms with Crippen LogP contribution in [0.5, 0.6) is 0 Å². The number of nitrogens with one attached hydrogen (secondary N) is 2. The minimum absolute atomic E-state index is 0.342. The fourth-order valence-electron chi connectivity index (χ4n) is 3.40. The molecule has 0 aliphatic rings. The van der Waals surface area contributed by atoms with Gasteiger partial charge in [-0.2, -0.15) is 0 Å². The van der Waals surface area contributed by atoms with Crippen LogP contribution in [0.3, 0.4) is 0 Å². The van der Waals surface area contributed by atoms with Gasteiger partial charge in [-0.3, -0.25) is 19.3 Å². The highest BCUT2D eigenvalue weighted by Crippen LogP contribution is 2.28. The molecule has 0 spiro atoms. The van der Waals surface area contributed by atoms with Gasteiger partial charge in [0.15, 0.2) is 0 Å². The maximum absolute atomic E-state index is 13.5. The summed E-state index contributed by atoms with van der Waals surface area (Å²) >= 11 is 0. The summed E-state index contributed by atoms with van der Waals surface area (Å²) in [6.07, 6.45) is 1.07. The van der Waals surface area contributed by atoms with Crippen LogP contribution in [-0.2, 0) is 14.4 Å². The van der Waals surface area contributed by atoms with E-state index in [1.165, 1.54) is 4.90 Å². The molecule has 0 radical (unpaired) electrons. The fraction of sp³-hybridized carbons (Fsp3) is 0.167. The Hall–Kier alpha value is -4.92. The van der Waals surface area contributed by atoms with Crippen molar-refractivity contribution in [3.63, 3.8) is 0 Å². The van der Waals surface area contributed by atoms with Crippen molar-refractivity contribution in [1.29, 1.82) is 0 Å². The summed E-state index contributed by atoms with van der Waals surface area (Å²) in [4.78, 5) is 40.2. The summed E-state index contributed by atoms with van der Waals surface area (Å²) in [5.41, 5.74) is 3.54. The van der Waals surface area contributed by atoms with Crippen LogP contribution in [0, 0.1) is 11.8 Å². The molecule has 0 saturated heterocycles. The zero-order chi connectivity index (χ0) is 26.7. The Kier molecular flexibility index (Phi) is 9.15. The van der Waals surface area contributed by atoms with Crippen molar-refractivity contribution in [1.82, 2.24) is 10.7 Å². The Balaban J connectivity index is 1.88. The summed E-state index contributed by atoms with van der Waals surface area (Å²) < 4.78 is 0. The average molecular weight is 493 g/mol. The first kappa shape index (κ1) is 26.7. The maximum Gasteiger partial charge on any atom is 0.316 e. The first-order chi connectivity index (χ1) is 17.7. The normalized spacial score (nSPS) is 11.0. The lowest BCUT2D eigenvalue weighted by Crippen LogP contribution is -2.49. The van der Waals surface area contributed by atoms with Gasteiger partial charge in [-0.05, 0) is 50.6 Å². The molecule has 37 heavy (non-hydrogen) atoms. The number of carbonyl (C=O) groups is 3. The van der Waals surface area contributed by atoms with Crippen LogP contribution < -0.4 is 15.6 Å². The first-order valence-electron chi connectivity index (χ1n) is 11.7. The molecule has 1 atom stereocenters. The monoisotopic (exact) mass is 492 g/mol. The fourth-order valence-corrected chi connectivity index (χ4v) is 3.40. The van der Waals surface area contributed by atoms with Gasteiger partial charge in [0, 0.05) is 28.6 Å². The van der Waals surface area contributed by atoms with Gasteiger partial charge in [0.1, 0.15) is 6.04 Å². The van der Waals surface area contributed by atoms with Crippen molar-refractivity contribution in [2.24, 2.45) is 5.10 Å². The third-order valence-electron chi connectivity index (χ3n) is 4.90. The molecule has 3 rings (SSSR count). The van der Waals surface area contributed by atoms with Crippen molar-refractivity contribution < 1.29 is 14.4 Å². The Morgan fingerprint density at radius 2 is 1.43 bits per heavy atom. The van der Waals surface area contributed by atoms with E-state index in [0.29, 0.717) is 16.8 Å². The first-order valence-corrected chi connectivity index (χ1v) is 11.7. The maximum atomic E-state index is 13.5. The van der Waals surface area contributed by atoms with E-state index >= 15 is 0 Å². The number of hydrogen-bond acceptors (Lipinski definition) is 4. The minimum atomic E-state index is -0.959. The number of rotatable bonds is 6. The van der Waals surface area contributed by atoms with E-state index in [1.807, 2.05) is 63.2 Å². The smallest absolute Gasteiger partial charge is 0.316 e. The zero-order valence-electron chi connectivity index (χ0n) is 20.9. The lowest BCUT2D eigenvalue weighted by Gasteiger charge is -2.33. The molecule has 3 aromatic rings. The average Bonchev–Trinajstić information content (AvgIpc) is 2.89. The zero-order valence-corrected chi connectivity index (χ0v) is 20.9. The molecule has 186 valence electrons. The molecule has 0 heterocycles. The molecule has 0 aliphatic heterocycles. The van der Waals surface area contributed by atoms with Crippen LogP contribution >= 0.6 is 0 Å². The number of amides is 3. The second-order valence-corrected chi connectivity index (χ2v) is 9.04. The van der Waals surface area contributed by atoms with Crippen LogP contribution in [0.25, 0.3) is 0 Å². The standard InChI is InChI=1S/C30H28N4O3/c1-30(2,3)32-29(37)28(24-15-9-5-10-16-24)34(25-17-11-6-12-18-25)27(36)21-22-31-33-26(35)20-19-23-13-7-4-8-14-23/h4-18,21,28H,1-3H3,(H,32,37)(H,33,35). The number of anilines is 1. The quantitative estimate of drug-likeness (QED) is 0.236. The summed E-state index contributed by atoms with van der Waals surface area (Å²) in [7, 11) is 0. The largest absolute Gasteiger partial charge is 0.349 e. The van der Waals surface area contributed by atoms with Gasteiger partial charge in [-0.15, -0.1) is 5.10 Å². The summed E-state index contributed by atoms with van der Waals surface area (Å²) in [6.45, 7) is 5.62. The van der Waals surface area contributed by atoms with E-state index in [-0.39, 0.29) is 5.91 Å². The van der Waals surface area contributed by atoms with Crippen molar-refractivity contribution in [3.05, 3.63) is 108 Å². The Morgan fingerprint density at radius 3 is 2.03 bits per heavy atom. The molecule has 0 aliphatic carbocycles. The summed E-state index contributed by atoms with van der Waals surface area (Å²) in [6, 6.07) is 26.0. The summed E-state index contributed by atoms with van der Waals surface area (Å²) in [5.74, 6) is 6.03. The topological polar surface area (TPSA) is 90.9 Å². The van der Waals surface area contributed by atoms with E-state index in [1.54, 1.807) is 48.5 Å². The Bertz CT molecular complexity index is 1350. The van der Waals surface area contributed by atoms with E-state index in [9.17, 15) is 14.4 Å². The van der Waals surface area contributed by atoms with Gasteiger partial charge in [0.05, 0.1) is 6.08 Å². The van der Waals surface area contributed by atoms with Gasteiger partial charge in [-0.25, -0.2) is 5.43 Å². The highest BCUT2D eigenvalue weighted by molar-refractivity contribution is 6.10. The van der Waals surface area contributed by atoms with Gasteiger partial charge >= 0.3 is 5.91 Å². The van der Waals surface area contributed by atoms with Gasteiger partial charge in [0.2, 0.25) is 5.91 Å². The number of carbonyl (C=O) groups excluding carboxylic acids is 3. The lowest BCUT2D eigenvalue weighted by molar-refractivity contribution is -0.126. The number of benzene rings is 3. The minimum Gasteiger partial charge on any atom is -0.349 e. The molecular formula is C30H28N4O3. The van der Waals surface area contributed by atoms with E-state index < -0.39 is 23.4 Å². The number of para-hydroxylation sites is 1. The molecule has 0 saturated carbocycles. The predicted molar refractivity (Wildman–Crippen MR) is 144 cm³/mol. The van der Waals surface area contributed by atoms with Crippen molar-refractivity contribution in [3.8, 4) is 11.8 Å². The third-order valence-corrected chi connectivity index (χ3v) is 4.90. The molecule has 2 N–H and O–H groups in total. The molecule has 7 nitrogen and oxygen atoms in total. The highest BCUT2D eigenvalue weighted by Gasteiger charge is 2.33. The van der Waals surface area contributed by atoms with Crippen molar-refractivity contribution in [2.45, 2.75) is 32.4 Å². The Morgan fingerprint density at radius 1 is 0.865 bits per heavy atom. The molecular weight excluding hydrogens is 464 g/mol. The van der Waals surface area contributed by atoms with E-state index in [0.717, 1.165) is 6.08 Å². The van der Waals surface area contributed by atoms with Gasteiger partial charge < -0.3 is 5.32 Å². The Labute approximate surface area is 216 Å². The van der Waals surface area contributed by atoms with Crippen LogP contribution in [0.15, 0.2) is 102 Å². The molecule has 0 fully saturated rings. The van der Waals surface area contributed by atoms with Crippen molar-refractivity contribution in [2.75, 3.05) is 4.90 Å². The number of hydrogen-bond donors (Lipinski definition) is 2. The number of hydrazone groups is 1. The SMILES string of the molecule is CC(C)(C)NC(=O)C(c1ccccc1)N(C(=O)C=C=NNC(=O)C#Cc1ccccc1)c1ccccc1. The highest BCUT2D eigenvalue weighted by atomic mass is 16.2. The van der Waals surface area contributed by atoms with Crippen LogP contribution in [0.2, 0.25) is 0 Å². The second kappa shape index (κ2) is 12.7. The van der Waals surface area contributed by atoms with Crippen LogP contribution in [0.4, 0.5) is 5.69 Å². The van der Waals surface area contributed by atoms with Crippen LogP contribution in [-0.4, -0.2) is 29.1 Å².